The molecule has 0 aliphatic heterocycles. The monoisotopic (exact) mass is 324 g/mol. The molecule has 0 bridgehead atoms. The van der Waals surface area contributed by atoms with Gasteiger partial charge in [0.2, 0.25) is 5.91 Å². The van der Waals surface area contributed by atoms with Crippen LogP contribution in [0.2, 0.25) is 0 Å². The minimum atomic E-state index is -0.641. The van der Waals surface area contributed by atoms with Gasteiger partial charge in [0.25, 0.3) is 0 Å². The minimum Gasteiger partial charge on any atom is -0.346 e. The summed E-state index contributed by atoms with van der Waals surface area (Å²) in [6.07, 6.45) is 13.3. The van der Waals surface area contributed by atoms with Gasteiger partial charge in [0.1, 0.15) is 0 Å². The third-order valence-corrected chi connectivity index (χ3v) is 4.17. The Hall–Kier alpha value is -1.22. The van der Waals surface area contributed by atoms with Crippen LogP contribution in [0.1, 0.15) is 91.4 Å². The molecule has 0 aromatic carbocycles. The number of rotatable bonds is 14. The average Bonchev–Trinajstić information content (AvgIpc) is 2.48. The van der Waals surface area contributed by atoms with Crippen LogP contribution in [-0.2, 0) is 4.79 Å². The maximum Gasteiger partial charge on any atom is 0.222 e. The Bertz CT molecular complexity index is 362. The van der Waals surface area contributed by atoms with Crippen LogP contribution in [0.5, 0.6) is 0 Å². The molecule has 134 valence electrons. The van der Waals surface area contributed by atoms with Gasteiger partial charge in [-0.05, 0) is 12.0 Å². The third-order valence-electron chi connectivity index (χ3n) is 4.17. The normalized spacial score (nSPS) is 11.1. The first-order chi connectivity index (χ1) is 10.9. The van der Waals surface area contributed by atoms with Crippen LogP contribution in [0.3, 0.4) is 0 Å². The van der Waals surface area contributed by atoms with E-state index in [2.05, 4.69) is 16.9 Å². The summed E-state index contributed by atoms with van der Waals surface area (Å²) >= 11 is 0. The molecule has 0 aromatic heterocycles. The molecule has 0 aliphatic carbocycles. The molecule has 0 atom stereocenters. The van der Waals surface area contributed by atoms with E-state index in [4.69, 9.17) is 5.53 Å². The smallest absolute Gasteiger partial charge is 0.222 e. The molecule has 0 radical (unpaired) electrons. The lowest BCUT2D eigenvalue weighted by atomic mass is 10.0. The molecule has 0 unspecified atom stereocenters. The number of amides is 1. The van der Waals surface area contributed by atoms with Gasteiger partial charge in [-0.25, -0.2) is 0 Å². The highest BCUT2D eigenvalue weighted by atomic mass is 16.2. The Morgan fingerprint density at radius 3 is 1.96 bits per heavy atom. The van der Waals surface area contributed by atoms with E-state index >= 15 is 0 Å². The fourth-order valence-corrected chi connectivity index (χ4v) is 2.62. The van der Waals surface area contributed by atoms with Crippen LogP contribution in [0.25, 0.3) is 10.4 Å². The first kappa shape index (κ1) is 21.8. The summed E-state index contributed by atoms with van der Waals surface area (Å²) in [6.45, 7) is 6.62. The van der Waals surface area contributed by atoms with Gasteiger partial charge >= 0.3 is 0 Å². The van der Waals surface area contributed by atoms with Crippen LogP contribution in [0.4, 0.5) is 0 Å². The van der Waals surface area contributed by atoms with Gasteiger partial charge in [-0.15, -0.1) is 0 Å². The SMILES string of the molecule is CCCCCCCCCCCCN(C)C(=O)CC(C)(C)N=[N+]=[N-]. The maximum absolute atomic E-state index is 12.1. The summed E-state index contributed by atoms with van der Waals surface area (Å²) in [5, 5.41) is 3.67. The number of carbonyl (C=O) groups is 1. The molecule has 0 fully saturated rings. The first-order valence-electron chi connectivity index (χ1n) is 9.23. The van der Waals surface area contributed by atoms with E-state index in [1.165, 1.54) is 57.8 Å². The minimum absolute atomic E-state index is 0.0540. The van der Waals surface area contributed by atoms with Crippen molar-refractivity contribution >= 4 is 5.91 Å². The predicted molar refractivity (Wildman–Crippen MR) is 97.3 cm³/mol. The third kappa shape index (κ3) is 13.0. The zero-order chi connectivity index (χ0) is 17.6. The number of nitrogens with zero attached hydrogens (tertiary/aromatic N) is 4. The maximum atomic E-state index is 12.1. The van der Waals surface area contributed by atoms with Crippen molar-refractivity contribution in [2.75, 3.05) is 13.6 Å². The van der Waals surface area contributed by atoms with Crippen molar-refractivity contribution in [2.24, 2.45) is 5.11 Å². The summed E-state index contributed by atoms with van der Waals surface area (Å²) < 4.78 is 0. The number of unbranched alkanes of at least 4 members (excludes halogenated alkanes) is 9. The molecular formula is C18H36N4O. The summed E-state index contributed by atoms with van der Waals surface area (Å²) in [6, 6.07) is 0. The number of carbonyl (C=O) groups excluding carboxylic acids is 1. The van der Waals surface area contributed by atoms with E-state index < -0.39 is 5.54 Å². The van der Waals surface area contributed by atoms with Crippen LogP contribution in [0.15, 0.2) is 5.11 Å². The second-order valence-corrected chi connectivity index (χ2v) is 7.18. The highest BCUT2D eigenvalue weighted by molar-refractivity contribution is 5.77. The van der Waals surface area contributed by atoms with E-state index in [-0.39, 0.29) is 12.3 Å². The number of hydrogen-bond donors (Lipinski definition) is 0. The lowest BCUT2D eigenvalue weighted by Gasteiger charge is -2.22. The lowest BCUT2D eigenvalue weighted by molar-refractivity contribution is -0.130. The molecule has 5 heteroatoms. The zero-order valence-electron chi connectivity index (χ0n) is 15.7. The average molecular weight is 325 g/mol. The fraction of sp³-hybridized carbons (Fsp3) is 0.944. The number of hydrogen-bond acceptors (Lipinski definition) is 2. The summed E-state index contributed by atoms with van der Waals surface area (Å²) in [7, 11) is 1.84. The molecule has 0 spiro atoms. The molecule has 0 rings (SSSR count). The van der Waals surface area contributed by atoms with Gasteiger partial charge in [-0.2, -0.15) is 0 Å². The van der Waals surface area contributed by atoms with Crippen LogP contribution in [-0.4, -0.2) is 29.9 Å². The molecule has 1 amide bonds. The van der Waals surface area contributed by atoms with Gasteiger partial charge < -0.3 is 4.90 Å². The van der Waals surface area contributed by atoms with Gasteiger partial charge in [0, 0.05) is 24.9 Å². The zero-order valence-corrected chi connectivity index (χ0v) is 15.7. The Morgan fingerprint density at radius 1 is 1.00 bits per heavy atom. The molecule has 0 heterocycles. The Labute approximate surface area is 142 Å². The topological polar surface area (TPSA) is 69.1 Å². The molecule has 0 aliphatic rings. The fourth-order valence-electron chi connectivity index (χ4n) is 2.62. The van der Waals surface area contributed by atoms with E-state index in [1.807, 2.05) is 7.05 Å². The standard InChI is InChI=1S/C18H36N4O/c1-5-6-7-8-9-10-11-12-13-14-15-22(4)17(23)16-18(2,3)20-21-19/h5-16H2,1-4H3. The van der Waals surface area contributed by atoms with Crippen molar-refractivity contribution in [1.82, 2.24) is 4.90 Å². The van der Waals surface area contributed by atoms with Crippen molar-refractivity contribution in [3.8, 4) is 0 Å². The van der Waals surface area contributed by atoms with Crippen LogP contribution >= 0.6 is 0 Å². The molecule has 0 saturated heterocycles. The molecule has 0 saturated carbocycles. The van der Waals surface area contributed by atoms with Crippen molar-refractivity contribution < 1.29 is 4.79 Å². The first-order valence-corrected chi connectivity index (χ1v) is 9.23. The quantitative estimate of drug-likeness (QED) is 0.171. The summed E-state index contributed by atoms with van der Waals surface area (Å²) in [5.74, 6) is 0.0540. The highest BCUT2D eigenvalue weighted by Gasteiger charge is 2.22. The Morgan fingerprint density at radius 2 is 1.48 bits per heavy atom. The van der Waals surface area contributed by atoms with Crippen molar-refractivity contribution in [2.45, 2.75) is 96.9 Å². The summed E-state index contributed by atoms with van der Waals surface area (Å²) in [4.78, 5) is 16.6. The van der Waals surface area contributed by atoms with E-state index in [1.54, 1.807) is 18.7 Å². The van der Waals surface area contributed by atoms with E-state index in [9.17, 15) is 4.79 Å². The number of azide groups is 1. The second-order valence-electron chi connectivity index (χ2n) is 7.18. The van der Waals surface area contributed by atoms with Gasteiger partial charge in [-0.3, -0.25) is 4.79 Å². The van der Waals surface area contributed by atoms with E-state index in [0.717, 1.165) is 13.0 Å². The van der Waals surface area contributed by atoms with E-state index in [0.29, 0.717) is 0 Å². The highest BCUT2D eigenvalue weighted by Crippen LogP contribution is 2.16. The Kier molecular flexibility index (Phi) is 12.5. The largest absolute Gasteiger partial charge is 0.346 e. The van der Waals surface area contributed by atoms with Crippen LogP contribution in [0, 0.1) is 0 Å². The second kappa shape index (κ2) is 13.2. The van der Waals surface area contributed by atoms with Gasteiger partial charge in [0.15, 0.2) is 0 Å². The lowest BCUT2D eigenvalue weighted by Crippen LogP contribution is -2.33. The van der Waals surface area contributed by atoms with Crippen molar-refractivity contribution in [3.63, 3.8) is 0 Å². The molecule has 23 heavy (non-hydrogen) atoms. The molecule has 0 aromatic rings. The molecular weight excluding hydrogens is 288 g/mol. The van der Waals surface area contributed by atoms with Crippen LogP contribution < -0.4 is 0 Å². The Balaban J connectivity index is 3.61. The summed E-state index contributed by atoms with van der Waals surface area (Å²) in [5.41, 5.74) is 7.85. The predicted octanol–water partition coefficient (Wildman–Crippen LogP) is 5.84. The molecule has 5 nitrogen and oxygen atoms in total. The van der Waals surface area contributed by atoms with Gasteiger partial charge in [-0.1, -0.05) is 83.7 Å². The molecule has 0 N–H and O–H groups in total. The van der Waals surface area contributed by atoms with Crippen molar-refractivity contribution in [1.29, 1.82) is 0 Å². The van der Waals surface area contributed by atoms with Gasteiger partial charge in [0.05, 0.1) is 5.54 Å². The van der Waals surface area contributed by atoms with Crippen molar-refractivity contribution in [3.05, 3.63) is 10.4 Å².